The van der Waals surface area contributed by atoms with Crippen LogP contribution in [0.3, 0.4) is 0 Å². The van der Waals surface area contributed by atoms with Crippen molar-refractivity contribution in [3.05, 3.63) is 81.7 Å². The Morgan fingerprint density at radius 1 is 0.879 bits per heavy atom. The number of nitrogens with zero attached hydrogens (tertiary/aromatic N) is 2. The molecule has 2 aromatic heterocycles. The topological polar surface area (TPSA) is 77.6 Å². The molecule has 4 aromatic rings. The number of ketones is 1. The molecule has 0 aliphatic heterocycles. The number of hydrogen-bond acceptors (Lipinski definition) is 2. The van der Waals surface area contributed by atoms with Gasteiger partial charge < -0.3 is 15.1 Å². The second-order valence-electron chi connectivity index (χ2n) is 9.04. The molecule has 0 radical (unpaired) electrons. The zero-order valence-electron chi connectivity index (χ0n) is 18.5. The number of aliphatic hydroxyl groups is 1. The van der Waals surface area contributed by atoms with Gasteiger partial charge in [0, 0.05) is 17.5 Å². The maximum atomic E-state index is 11.7. The Kier molecular flexibility index (Phi) is 5.04. The molecule has 1 unspecified atom stereocenters. The summed E-state index contributed by atoms with van der Waals surface area (Å²) < 4.78 is 0. The van der Waals surface area contributed by atoms with Crippen LogP contribution in [0.25, 0.3) is 31.5 Å². The van der Waals surface area contributed by atoms with Crippen molar-refractivity contribution in [1.29, 1.82) is 0 Å². The van der Waals surface area contributed by atoms with Crippen molar-refractivity contribution in [2.45, 2.75) is 51.0 Å². The van der Waals surface area contributed by atoms with Crippen molar-refractivity contribution in [3.63, 3.8) is 0 Å². The molecule has 0 amide bonds. The van der Waals surface area contributed by atoms with Gasteiger partial charge in [-0.15, -0.1) is 0 Å². The van der Waals surface area contributed by atoms with Crippen LogP contribution in [0.4, 0.5) is 11.4 Å². The van der Waals surface area contributed by atoms with E-state index in [0.29, 0.717) is 17.8 Å². The molecule has 2 aromatic carbocycles. The number of fused-ring (bicyclic) bond motifs is 6. The molecule has 6 rings (SSSR count). The average molecular weight is 437 g/mol. The van der Waals surface area contributed by atoms with Crippen LogP contribution < -0.4 is 0 Å². The van der Waals surface area contributed by atoms with Crippen LogP contribution in [0, 0.1) is 13.1 Å². The Morgan fingerprint density at radius 3 is 2.15 bits per heavy atom. The van der Waals surface area contributed by atoms with Crippen LogP contribution in [0.2, 0.25) is 0 Å². The lowest BCUT2D eigenvalue weighted by atomic mass is 9.84. The van der Waals surface area contributed by atoms with Gasteiger partial charge in [0.2, 0.25) is 0 Å². The van der Waals surface area contributed by atoms with Crippen molar-refractivity contribution in [2.75, 3.05) is 0 Å². The lowest BCUT2D eigenvalue weighted by molar-refractivity contribution is 0.0351. The smallest absolute Gasteiger partial charge is 0.187 e. The van der Waals surface area contributed by atoms with E-state index in [1.54, 1.807) is 6.07 Å². The third kappa shape index (κ3) is 3.59. The fourth-order valence-electron chi connectivity index (χ4n) is 5.11. The van der Waals surface area contributed by atoms with Crippen molar-refractivity contribution in [2.24, 2.45) is 0 Å². The summed E-state index contributed by atoms with van der Waals surface area (Å²) in [6.45, 7) is 15.9. The first kappa shape index (κ1) is 21.0. The molecule has 2 aliphatic carbocycles. The van der Waals surface area contributed by atoms with Crippen LogP contribution in [-0.2, 0) is 18.4 Å². The number of aromatic nitrogens is 2. The number of nitrogens with one attached hydrogen (secondary N) is 2. The summed E-state index contributed by atoms with van der Waals surface area (Å²) >= 11 is 0. The lowest BCUT2D eigenvalue weighted by Gasteiger charge is -2.28. The van der Waals surface area contributed by atoms with Gasteiger partial charge in [0.05, 0.1) is 24.5 Å². The first-order chi connectivity index (χ1) is 15.9. The van der Waals surface area contributed by atoms with E-state index in [0.717, 1.165) is 70.9 Å². The van der Waals surface area contributed by atoms with Gasteiger partial charge in [0.1, 0.15) is 5.60 Å². The van der Waals surface area contributed by atoms with Gasteiger partial charge in [-0.05, 0) is 85.2 Å². The quantitative estimate of drug-likeness (QED) is 0.275. The summed E-state index contributed by atoms with van der Waals surface area (Å²) in [4.78, 5) is 25.1. The van der Waals surface area contributed by atoms with E-state index >= 15 is 0 Å². The van der Waals surface area contributed by atoms with Crippen LogP contribution in [-0.4, -0.2) is 20.9 Å². The maximum absolute atomic E-state index is 11.7. The van der Waals surface area contributed by atoms with Gasteiger partial charge in [-0.2, -0.15) is 0 Å². The van der Waals surface area contributed by atoms with Gasteiger partial charge in [0.25, 0.3) is 0 Å². The van der Waals surface area contributed by atoms with E-state index in [-0.39, 0.29) is 5.78 Å². The highest BCUT2D eigenvalue weighted by Crippen LogP contribution is 2.39. The maximum Gasteiger partial charge on any atom is 0.187 e. The summed E-state index contributed by atoms with van der Waals surface area (Å²) in [7, 11) is 0. The fraction of sp³-hybridized carbons (Fsp3) is 0.296. The fourth-order valence-corrected chi connectivity index (χ4v) is 5.11. The van der Waals surface area contributed by atoms with E-state index in [9.17, 15) is 9.90 Å². The number of H-pyrrole nitrogens is 2. The number of carbonyl (C=O) groups excluding carboxylic acids is 1. The van der Waals surface area contributed by atoms with E-state index < -0.39 is 5.60 Å². The van der Waals surface area contributed by atoms with Gasteiger partial charge >= 0.3 is 0 Å². The minimum atomic E-state index is -0.759. The number of Topliss-reactive ketones (excluding diaryl/α,β-unsaturated/α-hetero) is 1. The molecule has 0 spiro atoms. The summed E-state index contributed by atoms with van der Waals surface area (Å²) in [5.74, 6) is 0.196. The molecule has 164 valence electrons. The number of benzene rings is 2. The molecule has 2 aliphatic rings. The van der Waals surface area contributed by atoms with E-state index in [4.69, 9.17) is 13.1 Å². The summed E-state index contributed by atoms with van der Waals surface area (Å²) in [6.07, 6.45) is 5.25. The molecule has 33 heavy (non-hydrogen) atoms. The molecular weight excluding hydrogens is 412 g/mol. The van der Waals surface area contributed by atoms with Crippen molar-refractivity contribution >= 4 is 39.0 Å². The van der Waals surface area contributed by atoms with E-state index in [1.165, 1.54) is 5.56 Å². The molecule has 1 atom stereocenters. The number of aromatic amines is 2. The van der Waals surface area contributed by atoms with Crippen LogP contribution in [0.5, 0.6) is 0 Å². The second-order valence-corrected chi connectivity index (χ2v) is 9.04. The molecule has 0 fully saturated rings. The van der Waals surface area contributed by atoms with Crippen LogP contribution >= 0.6 is 0 Å². The molecule has 6 heteroatoms. The average Bonchev–Trinajstić information content (AvgIpc) is 3.39. The summed E-state index contributed by atoms with van der Waals surface area (Å²) in [5.41, 5.74) is 6.47. The summed E-state index contributed by atoms with van der Waals surface area (Å²) in [6, 6.07) is 11.2. The zero-order valence-corrected chi connectivity index (χ0v) is 18.5. The third-order valence-corrected chi connectivity index (χ3v) is 6.78. The third-order valence-electron chi connectivity index (χ3n) is 6.78. The van der Waals surface area contributed by atoms with E-state index in [1.807, 2.05) is 37.3 Å². The minimum Gasteiger partial charge on any atom is -0.384 e. The number of carbonyl (C=O) groups is 1. The summed E-state index contributed by atoms with van der Waals surface area (Å²) in [5, 5.41) is 12.5. The highest BCUT2D eigenvalue weighted by atomic mass is 16.3. The molecule has 0 saturated heterocycles. The zero-order chi connectivity index (χ0) is 23.2. The van der Waals surface area contributed by atoms with Crippen LogP contribution in [0.1, 0.15) is 59.9 Å². The molecule has 2 heterocycles. The monoisotopic (exact) mass is 436 g/mol. The van der Waals surface area contributed by atoms with E-state index in [2.05, 4.69) is 19.7 Å². The Bertz CT molecular complexity index is 1490. The molecular formula is C27H24N4O2. The predicted octanol–water partition coefficient (Wildman–Crippen LogP) is 6.50. The molecule has 0 bridgehead atoms. The highest BCUT2D eigenvalue weighted by molar-refractivity contribution is 6.03. The van der Waals surface area contributed by atoms with Gasteiger partial charge in [-0.1, -0.05) is 12.1 Å². The first-order valence-electron chi connectivity index (χ1n) is 11.2. The van der Waals surface area contributed by atoms with Crippen molar-refractivity contribution < 1.29 is 9.90 Å². The SMILES string of the molecule is [C-]#[N+]c1ccc2[nH]c3c(c2c1)CCCC3(C)O.[C-]#[N+]c1ccc2[nH]c3c(c2c1)CCCC3=O. The minimum absolute atomic E-state index is 0.196. The molecule has 0 saturated carbocycles. The molecule has 6 nitrogen and oxygen atoms in total. The number of aryl methyl sites for hydroxylation is 2. The predicted molar refractivity (Wildman–Crippen MR) is 129 cm³/mol. The normalized spacial score (nSPS) is 19.2. The highest BCUT2D eigenvalue weighted by Gasteiger charge is 2.32. The van der Waals surface area contributed by atoms with Gasteiger partial charge in [-0.25, -0.2) is 9.69 Å². The second kappa shape index (κ2) is 7.92. The van der Waals surface area contributed by atoms with Crippen LogP contribution in [0.15, 0.2) is 36.4 Å². The van der Waals surface area contributed by atoms with Crippen molar-refractivity contribution in [3.8, 4) is 0 Å². The Balaban J connectivity index is 0.000000139. The Morgan fingerprint density at radius 2 is 1.48 bits per heavy atom. The van der Waals surface area contributed by atoms with Gasteiger partial charge in [0.15, 0.2) is 17.2 Å². The Labute approximate surface area is 191 Å². The lowest BCUT2D eigenvalue weighted by Crippen LogP contribution is -2.26. The largest absolute Gasteiger partial charge is 0.384 e. The number of hydrogen-bond donors (Lipinski definition) is 3. The number of rotatable bonds is 0. The molecule has 3 N–H and O–H groups in total. The standard InChI is InChI=1S/C14H14N2O.C13H10N2O/c1-14(17)7-3-4-10-11-8-9(15-2)5-6-12(11)16-13(10)14;1-14-8-5-6-11-10(7-8)9-3-2-4-12(16)13(9)15-11/h5-6,8,16-17H,3-4,7H2,1H3;5-7,15H,2-4H2. The van der Waals surface area contributed by atoms with Gasteiger partial charge in [-0.3, -0.25) is 4.79 Å². The first-order valence-corrected chi connectivity index (χ1v) is 11.2. The Hall–Kier alpha value is -3.87. The van der Waals surface area contributed by atoms with Crippen molar-refractivity contribution in [1.82, 2.24) is 9.97 Å².